The van der Waals surface area contributed by atoms with E-state index in [1.807, 2.05) is 0 Å². The molecule has 0 unspecified atom stereocenters. The van der Waals surface area contributed by atoms with Crippen LogP contribution in [0.1, 0.15) is 19.3 Å². The molecule has 0 saturated carbocycles. The monoisotopic (exact) mass is 250 g/mol. The van der Waals surface area contributed by atoms with Crippen molar-refractivity contribution in [2.24, 2.45) is 0 Å². The summed E-state index contributed by atoms with van der Waals surface area (Å²) in [5, 5.41) is 0. The van der Waals surface area contributed by atoms with Crippen molar-refractivity contribution in [3.63, 3.8) is 0 Å². The van der Waals surface area contributed by atoms with Crippen LogP contribution in [-0.4, -0.2) is 0 Å². The Morgan fingerprint density at radius 2 is 2.11 bits per heavy atom. The van der Waals surface area contributed by atoms with Gasteiger partial charge < -0.3 is 0 Å². The van der Waals surface area contributed by atoms with Gasteiger partial charge in [0, 0.05) is 8.96 Å². The summed E-state index contributed by atoms with van der Waals surface area (Å²) >= 11 is 6.93. The molecule has 0 fully saturated rings. The third-order valence-corrected chi connectivity index (χ3v) is 3.39. The zero-order chi connectivity index (χ0) is 6.69. The second kappa shape index (κ2) is 3.57. The minimum atomic E-state index is 1.16. The zero-order valence-corrected chi connectivity index (χ0v) is 8.20. The molecule has 1 rings (SSSR count). The molecule has 0 nitrogen and oxygen atoms in total. The summed E-state index contributed by atoms with van der Waals surface area (Å²) in [6.45, 7) is 0. The van der Waals surface area contributed by atoms with Gasteiger partial charge in [0.1, 0.15) is 0 Å². The van der Waals surface area contributed by atoms with Crippen LogP contribution in [-0.2, 0) is 0 Å². The van der Waals surface area contributed by atoms with Gasteiger partial charge in [-0.25, -0.2) is 0 Å². The smallest absolute Gasteiger partial charge is 0.0273 e. The maximum Gasteiger partial charge on any atom is 0.0273 e. The standard InChI is InChI=1S/C7H8Br2/c8-6-4-2-1-3-5-7(6)9/h2,4H,1,3,5H2. The number of hydrogen-bond acceptors (Lipinski definition) is 0. The highest BCUT2D eigenvalue weighted by Gasteiger charge is 1.99. The van der Waals surface area contributed by atoms with E-state index in [2.05, 4.69) is 44.0 Å². The number of rotatable bonds is 0. The van der Waals surface area contributed by atoms with Crippen molar-refractivity contribution in [2.45, 2.75) is 19.3 Å². The number of halogens is 2. The van der Waals surface area contributed by atoms with Crippen molar-refractivity contribution in [2.75, 3.05) is 0 Å². The van der Waals surface area contributed by atoms with Gasteiger partial charge in [-0.1, -0.05) is 28.1 Å². The molecule has 2 heteroatoms. The lowest BCUT2D eigenvalue weighted by Gasteiger charge is -1.93. The Morgan fingerprint density at radius 1 is 1.33 bits per heavy atom. The third kappa shape index (κ3) is 2.26. The Bertz CT molecular complexity index is 156. The van der Waals surface area contributed by atoms with E-state index >= 15 is 0 Å². The maximum atomic E-state index is 3.49. The SMILES string of the molecule is BrC1=C(Br)CCCC=C1. The van der Waals surface area contributed by atoms with Crippen molar-refractivity contribution in [1.29, 1.82) is 0 Å². The van der Waals surface area contributed by atoms with Crippen LogP contribution in [0.3, 0.4) is 0 Å². The van der Waals surface area contributed by atoms with Crippen LogP contribution in [0.25, 0.3) is 0 Å². The van der Waals surface area contributed by atoms with Gasteiger partial charge in [0.15, 0.2) is 0 Å². The lowest BCUT2D eigenvalue weighted by Crippen LogP contribution is -1.71. The molecule has 0 aliphatic heterocycles. The number of hydrogen-bond donors (Lipinski definition) is 0. The van der Waals surface area contributed by atoms with Crippen LogP contribution in [0.2, 0.25) is 0 Å². The molecule has 0 heterocycles. The summed E-state index contributed by atoms with van der Waals surface area (Å²) in [7, 11) is 0. The lowest BCUT2D eigenvalue weighted by atomic mass is 10.2. The van der Waals surface area contributed by atoms with E-state index in [1.165, 1.54) is 21.8 Å². The highest BCUT2D eigenvalue weighted by Crippen LogP contribution is 2.26. The molecule has 0 saturated heterocycles. The normalized spacial score (nSPS) is 20.2. The Morgan fingerprint density at radius 3 is 2.89 bits per heavy atom. The molecule has 1 aliphatic carbocycles. The summed E-state index contributed by atoms with van der Waals surface area (Å²) in [5.74, 6) is 0. The fraction of sp³-hybridized carbons (Fsp3) is 0.429. The number of allylic oxidation sites excluding steroid dienone is 4. The van der Waals surface area contributed by atoms with Gasteiger partial charge in [-0.05, 0) is 35.2 Å². The largest absolute Gasteiger partial charge is 0.0834 e. The Balaban J connectivity index is 2.72. The summed E-state index contributed by atoms with van der Waals surface area (Å²) < 4.78 is 2.48. The van der Waals surface area contributed by atoms with Crippen LogP contribution < -0.4 is 0 Å². The van der Waals surface area contributed by atoms with Crippen molar-refractivity contribution in [3.05, 3.63) is 21.1 Å². The lowest BCUT2D eigenvalue weighted by molar-refractivity contribution is 0.870. The van der Waals surface area contributed by atoms with E-state index in [9.17, 15) is 0 Å². The highest BCUT2D eigenvalue weighted by atomic mass is 79.9. The first kappa shape index (κ1) is 7.55. The summed E-state index contributed by atoms with van der Waals surface area (Å²) in [6, 6.07) is 0. The second-order valence-electron chi connectivity index (χ2n) is 2.05. The molecule has 1 aliphatic rings. The van der Waals surface area contributed by atoms with Crippen LogP contribution in [0.15, 0.2) is 21.1 Å². The molecule has 0 amide bonds. The average Bonchev–Trinajstić information content (AvgIpc) is 1.99. The molecule has 9 heavy (non-hydrogen) atoms. The first-order valence-corrected chi connectivity index (χ1v) is 4.60. The molecule has 50 valence electrons. The Hall–Kier alpha value is 0.440. The van der Waals surface area contributed by atoms with Gasteiger partial charge in [-0.15, -0.1) is 0 Å². The van der Waals surface area contributed by atoms with Gasteiger partial charge >= 0.3 is 0 Å². The van der Waals surface area contributed by atoms with E-state index in [4.69, 9.17) is 0 Å². The molecule has 0 aromatic heterocycles. The van der Waals surface area contributed by atoms with Crippen molar-refractivity contribution in [1.82, 2.24) is 0 Å². The van der Waals surface area contributed by atoms with Crippen molar-refractivity contribution in [3.8, 4) is 0 Å². The van der Waals surface area contributed by atoms with Crippen LogP contribution >= 0.6 is 31.9 Å². The van der Waals surface area contributed by atoms with Gasteiger partial charge in [0.05, 0.1) is 0 Å². The van der Waals surface area contributed by atoms with E-state index in [0.717, 1.165) is 6.42 Å². The van der Waals surface area contributed by atoms with Gasteiger partial charge in [0.2, 0.25) is 0 Å². The molecule has 0 N–H and O–H groups in total. The summed E-state index contributed by atoms with van der Waals surface area (Å²) in [6.07, 6.45) is 7.92. The van der Waals surface area contributed by atoms with Crippen molar-refractivity contribution >= 4 is 31.9 Å². The average molecular weight is 252 g/mol. The fourth-order valence-electron chi connectivity index (χ4n) is 0.772. The summed E-state index contributed by atoms with van der Waals surface area (Å²) in [4.78, 5) is 0. The second-order valence-corrected chi connectivity index (χ2v) is 3.86. The molecule has 0 radical (unpaired) electrons. The zero-order valence-electron chi connectivity index (χ0n) is 5.03. The first-order chi connectivity index (χ1) is 4.30. The van der Waals surface area contributed by atoms with Gasteiger partial charge in [0.25, 0.3) is 0 Å². The predicted octanol–water partition coefficient (Wildman–Crippen LogP) is 3.73. The van der Waals surface area contributed by atoms with Crippen molar-refractivity contribution < 1.29 is 0 Å². The van der Waals surface area contributed by atoms with Gasteiger partial charge in [-0.3, -0.25) is 0 Å². The van der Waals surface area contributed by atoms with Crippen LogP contribution in [0, 0.1) is 0 Å². The Kier molecular flexibility index (Phi) is 2.99. The summed E-state index contributed by atoms with van der Waals surface area (Å²) in [5.41, 5.74) is 0. The molecule has 0 aromatic carbocycles. The first-order valence-electron chi connectivity index (χ1n) is 3.01. The third-order valence-electron chi connectivity index (χ3n) is 1.29. The molecule has 0 bridgehead atoms. The van der Waals surface area contributed by atoms with E-state index < -0.39 is 0 Å². The fourth-order valence-corrected chi connectivity index (χ4v) is 1.57. The minimum absolute atomic E-state index is 1.16. The topological polar surface area (TPSA) is 0 Å². The van der Waals surface area contributed by atoms with Crippen LogP contribution in [0.4, 0.5) is 0 Å². The maximum absolute atomic E-state index is 3.49. The quantitative estimate of drug-likeness (QED) is 0.616. The van der Waals surface area contributed by atoms with Crippen LogP contribution in [0.5, 0.6) is 0 Å². The molecule has 0 aromatic rings. The Labute approximate surface area is 72.3 Å². The minimum Gasteiger partial charge on any atom is -0.0834 e. The van der Waals surface area contributed by atoms with E-state index in [0.29, 0.717) is 0 Å². The molecular formula is C7H8Br2. The van der Waals surface area contributed by atoms with E-state index in [-0.39, 0.29) is 0 Å². The predicted molar refractivity (Wildman–Crippen MR) is 47.9 cm³/mol. The molecule has 0 spiro atoms. The highest BCUT2D eigenvalue weighted by molar-refractivity contribution is 9.14. The molecular weight excluding hydrogens is 244 g/mol. The van der Waals surface area contributed by atoms with E-state index in [1.54, 1.807) is 0 Å². The van der Waals surface area contributed by atoms with Gasteiger partial charge in [-0.2, -0.15) is 0 Å². The molecule has 0 atom stereocenters.